The molecule has 6 heteroatoms. The molecule has 6 nitrogen and oxygen atoms in total. The highest BCUT2D eigenvalue weighted by Crippen LogP contribution is 2.18. The van der Waals surface area contributed by atoms with Crippen LogP contribution in [0.5, 0.6) is 0 Å². The highest BCUT2D eigenvalue weighted by molar-refractivity contribution is 5.78. The monoisotopic (exact) mass is 284 g/mol. The van der Waals surface area contributed by atoms with Crippen LogP contribution in [0.2, 0.25) is 0 Å². The molecule has 0 aromatic heterocycles. The summed E-state index contributed by atoms with van der Waals surface area (Å²) in [5.74, 6) is 0.645. The highest BCUT2D eigenvalue weighted by Gasteiger charge is 2.29. The molecule has 0 spiro atoms. The molecule has 20 heavy (non-hydrogen) atoms. The van der Waals surface area contributed by atoms with Crippen LogP contribution in [-0.2, 0) is 9.47 Å². The molecule has 2 rings (SSSR count). The SMILES string of the molecule is CC1CN(C(N)=NCCN2CCOCC2(C)C)CCO1. The average Bonchev–Trinajstić information content (AvgIpc) is 2.40. The fourth-order valence-corrected chi connectivity index (χ4v) is 2.72. The van der Waals surface area contributed by atoms with Gasteiger partial charge < -0.3 is 20.1 Å². The lowest BCUT2D eigenvalue weighted by Gasteiger charge is -2.41. The topological polar surface area (TPSA) is 63.3 Å². The first-order chi connectivity index (χ1) is 9.49. The molecule has 2 heterocycles. The lowest BCUT2D eigenvalue weighted by atomic mass is 10.0. The summed E-state index contributed by atoms with van der Waals surface area (Å²) >= 11 is 0. The second-order valence-corrected chi connectivity index (χ2v) is 6.22. The Morgan fingerprint density at radius 2 is 2.15 bits per heavy atom. The summed E-state index contributed by atoms with van der Waals surface area (Å²) in [6.07, 6.45) is 0.232. The number of guanidine groups is 1. The molecule has 2 N–H and O–H groups in total. The van der Waals surface area contributed by atoms with E-state index in [2.05, 4.69) is 35.6 Å². The molecule has 1 unspecified atom stereocenters. The van der Waals surface area contributed by atoms with Crippen molar-refractivity contribution in [3.63, 3.8) is 0 Å². The van der Waals surface area contributed by atoms with Gasteiger partial charge in [-0.25, -0.2) is 0 Å². The Morgan fingerprint density at radius 3 is 2.85 bits per heavy atom. The van der Waals surface area contributed by atoms with Crippen LogP contribution in [0.3, 0.4) is 0 Å². The summed E-state index contributed by atoms with van der Waals surface area (Å²) in [6, 6.07) is 0. The first-order valence-electron chi connectivity index (χ1n) is 7.48. The van der Waals surface area contributed by atoms with Gasteiger partial charge in [-0.15, -0.1) is 0 Å². The largest absolute Gasteiger partial charge is 0.378 e. The normalized spacial score (nSPS) is 28.6. The van der Waals surface area contributed by atoms with Gasteiger partial charge in [-0.2, -0.15) is 0 Å². The summed E-state index contributed by atoms with van der Waals surface area (Å²) in [5, 5.41) is 0. The Bertz CT molecular complexity index is 346. The second kappa shape index (κ2) is 6.74. The first-order valence-corrected chi connectivity index (χ1v) is 7.48. The summed E-state index contributed by atoms with van der Waals surface area (Å²) in [5.41, 5.74) is 6.16. The third kappa shape index (κ3) is 4.07. The van der Waals surface area contributed by atoms with E-state index in [9.17, 15) is 0 Å². The van der Waals surface area contributed by atoms with E-state index in [4.69, 9.17) is 15.2 Å². The predicted octanol–water partition coefficient (Wildman–Crippen LogP) is 0.133. The minimum atomic E-state index is 0.0933. The Kier molecular flexibility index (Phi) is 5.23. The molecule has 1 atom stereocenters. The number of rotatable bonds is 3. The van der Waals surface area contributed by atoms with Gasteiger partial charge in [-0.3, -0.25) is 9.89 Å². The van der Waals surface area contributed by atoms with E-state index in [1.165, 1.54) is 0 Å². The standard InChI is InChI=1S/C14H28N4O2/c1-12-10-17(6-9-20-12)13(15)16-4-5-18-7-8-19-11-14(18,2)3/h12H,4-11H2,1-3H3,(H2,15,16). The fourth-order valence-electron chi connectivity index (χ4n) is 2.72. The van der Waals surface area contributed by atoms with Crippen LogP contribution in [0.25, 0.3) is 0 Å². The number of nitrogens with two attached hydrogens (primary N) is 1. The molecule has 2 saturated heterocycles. The number of aliphatic imine (C=N–C) groups is 1. The lowest BCUT2D eigenvalue weighted by molar-refractivity contribution is -0.0491. The van der Waals surface area contributed by atoms with Gasteiger partial charge in [0.1, 0.15) is 0 Å². The molecule has 0 amide bonds. The number of nitrogens with zero attached hydrogens (tertiary/aromatic N) is 3. The Labute approximate surface area is 121 Å². The second-order valence-electron chi connectivity index (χ2n) is 6.22. The highest BCUT2D eigenvalue weighted by atomic mass is 16.5. The van der Waals surface area contributed by atoms with Gasteiger partial charge in [0.25, 0.3) is 0 Å². The van der Waals surface area contributed by atoms with Crippen LogP contribution < -0.4 is 5.73 Å². The van der Waals surface area contributed by atoms with Crippen molar-refractivity contribution in [3.05, 3.63) is 0 Å². The van der Waals surface area contributed by atoms with E-state index in [1.54, 1.807) is 0 Å². The van der Waals surface area contributed by atoms with Crippen molar-refractivity contribution in [2.75, 3.05) is 52.5 Å². The smallest absolute Gasteiger partial charge is 0.191 e. The van der Waals surface area contributed by atoms with E-state index >= 15 is 0 Å². The third-order valence-electron chi connectivity index (χ3n) is 4.03. The molecule has 2 aliphatic heterocycles. The van der Waals surface area contributed by atoms with E-state index in [0.29, 0.717) is 5.96 Å². The summed E-state index contributed by atoms with van der Waals surface area (Å²) < 4.78 is 11.0. The zero-order valence-electron chi connectivity index (χ0n) is 13.0. The van der Waals surface area contributed by atoms with Crippen molar-refractivity contribution < 1.29 is 9.47 Å². The number of hydrogen-bond donors (Lipinski definition) is 1. The average molecular weight is 284 g/mol. The lowest BCUT2D eigenvalue weighted by Crippen LogP contribution is -2.53. The van der Waals surface area contributed by atoms with Crippen molar-refractivity contribution in [2.45, 2.75) is 32.4 Å². The summed E-state index contributed by atoms with van der Waals surface area (Å²) in [4.78, 5) is 9.06. The van der Waals surface area contributed by atoms with Gasteiger partial charge in [-0.05, 0) is 20.8 Å². The van der Waals surface area contributed by atoms with Crippen LogP contribution in [0.15, 0.2) is 4.99 Å². The minimum absolute atomic E-state index is 0.0933. The van der Waals surface area contributed by atoms with Gasteiger partial charge >= 0.3 is 0 Å². The van der Waals surface area contributed by atoms with Gasteiger partial charge in [-0.1, -0.05) is 0 Å². The van der Waals surface area contributed by atoms with Gasteiger partial charge in [0.05, 0.1) is 32.5 Å². The third-order valence-corrected chi connectivity index (χ3v) is 4.03. The zero-order valence-corrected chi connectivity index (χ0v) is 13.0. The number of hydrogen-bond acceptors (Lipinski definition) is 4. The van der Waals surface area contributed by atoms with Gasteiger partial charge in [0, 0.05) is 31.7 Å². The molecule has 0 saturated carbocycles. The van der Waals surface area contributed by atoms with Crippen LogP contribution in [0, 0.1) is 0 Å². The van der Waals surface area contributed by atoms with Crippen LogP contribution in [-0.4, -0.2) is 79.9 Å². The molecule has 2 aliphatic rings. The molecular formula is C14H28N4O2. The summed E-state index contributed by atoms with van der Waals surface area (Å²) in [7, 11) is 0. The quantitative estimate of drug-likeness (QED) is 0.590. The molecule has 0 bridgehead atoms. The van der Waals surface area contributed by atoms with Crippen molar-refractivity contribution in [1.29, 1.82) is 0 Å². The van der Waals surface area contributed by atoms with Crippen molar-refractivity contribution in [3.8, 4) is 0 Å². The maximum Gasteiger partial charge on any atom is 0.191 e. The van der Waals surface area contributed by atoms with Crippen LogP contribution >= 0.6 is 0 Å². The fraction of sp³-hybridized carbons (Fsp3) is 0.929. The summed E-state index contributed by atoms with van der Waals surface area (Å²) in [6.45, 7) is 13.1. The molecule has 0 aliphatic carbocycles. The van der Waals surface area contributed by atoms with E-state index in [0.717, 1.165) is 52.5 Å². The Balaban J connectivity index is 1.80. The van der Waals surface area contributed by atoms with Gasteiger partial charge in [0.2, 0.25) is 0 Å². The minimum Gasteiger partial charge on any atom is -0.378 e. The van der Waals surface area contributed by atoms with E-state index < -0.39 is 0 Å². The number of morpholine rings is 2. The van der Waals surface area contributed by atoms with Crippen LogP contribution in [0.4, 0.5) is 0 Å². The Hall–Kier alpha value is -0.850. The molecule has 116 valence electrons. The van der Waals surface area contributed by atoms with E-state index in [-0.39, 0.29) is 11.6 Å². The van der Waals surface area contributed by atoms with Crippen LogP contribution in [0.1, 0.15) is 20.8 Å². The van der Waals surface area contributed by atoms with Gasteiger partial charge in [0.15, 0.2) is 5.96 Å². The van der Waals surface area contributed by atoms with Crippen molar-refractivity contribution in [1.82, 2.24) is 9.80 Å². The molecular weight excluding hydrogens is 256 g/mol. The number of ether oxygens (including phenoxy) is 2. The maximum atomic E-state index is 6.07. The molecule has 2 fully saturated rings. The predicted molar refractivity (Wildman–Crippen MR) is 79.9 cm³/mol. The van der Waals surface area contributed by atoms with Crippen molar-refractivity contribution >= 4 is 5.96 Å². The Morgan fingerprint density at radius 1 is 1.35 bits per heavy atom. The molecule has 0 radical (unpaired) electrons. The maximum absolute atomic E-state index is 6.07. The molecule has 0 aromatic rings. The van der Waals surface area contributed by atoms with E-state index in [1.807, 2.05) is 0 Å². The zero-order chi connectivity index (χ0) is 14.6. The molecule has 0 aromatic carbocycles. The van der Waals surface area contributed by atoms with Crippen molar-refractivity contribution in [2.24, 2.45) is 10.7 Å². The first kappa shape index (κ1) is 15.5.